The van der Waals surface area contributed by atoms with Crippen LogP contribution in [0.3, 0.4) is 0 Å². The number of aliphatic imine (C=N–C) groups is 1. The van der Waals surface area contributed by atoms with Crippen LogP contribution in [-0.2, 0) is 23.8 Å². The molecule has 0 spiro atoms. The normalized spacial score (nSPS) is 20.6. The number of carbonyl (C=O) groups is 4. The van der Waals surface area contributed by atoms with Crippen molar-refractivity contribution >= 4 is 30.0 Å². The Morgan fingerprint density at radius 3 is 1.79 bits per heavy atom. The second-order valence-corrected chi connectivity index (χ2v) is 11.8. The highest BCUT2D eigenvalue weighted by Gasteiger charge is 2.41. The average molecular weight is 541 g/mol. The first-order valence-corrected chi connectivity index (χ1v) is 13.4. The number of ether oxygens (including phenoxy) is 3. The molecule has 218 valence electrons. The van der Waals surface area contributed by atoms with E-state index in [9.17, 15) is 19.2 Å². The van der Waals surface area contributed by atoms with Crippen molar-refractivity contribution in [2.45, 2.75) is 118 Å². The summed E-state index contributed by atoms with van der Waals surface area (Å²) >= 11 is 0. The van der Waals surface area contributed by atoms with Crippen molar-refractivity contribution in [1.82, 2.24) is 16.0 Å². The van der Waals surface area contributed by atoms with E-state index in [-0.39, 0.29) is 41.6 Å². The molecular formula is C27H48N4O7. The van der Waals surface area contributed by atoms with Crippen molar-refractivity contribution in [3.63, 3.8) is 0 Å². The number of hydrogen-bond acceptors (Lipinski definition) is 8. The maximum atomic E-state index is 12.6. The predicted molar refractivity (Wildman–Crippen MR) is 144 cm³/mol. The third-order valence-corrected chi connectivity index (χ3v) is 6.32. The van der Waals surface area contributed by atoms with Crippen molar-refractivity contribution in [2.24, 2.45) is 22.7 Å². The van der Waals surface area contributed by atoms with Gasteiger partial charge in [-0.3, -0.25) is 20.2 Å². The SMILES string of the molecule is CCC(CC)[C@H](NC(C)=O)[C@@H]1C[C@@H](C(=O)OC)CC[C@H]1N=C(NC(=O)OC(C)(C)C)NC(=O)OC(C)(C)C. The summed E-state index contributed by atoms with van der Waals surface area (Å²) in [4.78, 5) is 54.6. The number of rotatable bonds is 7. The van der Waals surface area contributed by atoms with E-state index in [1.54, 1.807) is 41.5 Å². The van der Waals surface area contributed by atoms with Crippen LogP contribution in [0.25, 0.3) is 0 Å². The van der Waals surface area contributed by atoms with Gasteiger partial charge in [-0.1, -0.05) is 26.7 Å². The lowest BCUT2D eigenvalue weighted by Crippen LogP contribution is -2.52. The van der Waals surface area contributed by atoms with Gasteiger partial charge in [0.1, 0.15) is 11.2 Å². The van der Waals surface area contributed by atoms with E-state index in [1.165, 1.54) is 14.0 Å². The molecule has 0 saturated heterocycles. The molecule has 38 heavy (non-hydrogen) atoms. The molecule has 1 aliphatic rings. The second kappa shape index (κ2) is 14.3. The number of esters is 1. The molecule has 11 nitrogen and oxygen atoms in total. The first-order valence-electron chi connectivity index (χ1n) is 13.4. The number of methoxy groups -OCH3 is 1. The van der Waals surface area contributed by atoms with Gasteiger partial charge in [0.25, 0.3) is 0 Å². The Morgan fingerprint density at radius 2 is 1.39 bits per heavy atom. The van der Waals surface area contributed by atoms with E-state index in [0.29, 0.717) is 19.3 Å². The van der Waals surface area contributed by atoms with Crippen LogP contribution in [0.15, 0.2) is 4.99 Å². The molecule has 0 aromatic rings. The standard InChI is InChI=1S/C27H48N4O7/c1-11-17(12-2)21(28-16(3)32)19-15-18(22(33)36-10)13-14-20(19)29-23(30-24(34)37-26(4,5)6)31-25(35)38-27(7,8)9/h17-21H,11-15H2,1-10H3,(H,28,32)(H2,29,30,31,34,35)/t18-,19+,20+,21-/m0/s1. The van der Waals surface area contributed by atoms with Gasteiger partial charge in [-0.25, -0.2) is 14.6 Å². The van der Waals surface area contributed by atoms with Gasteiger partial charge in [-0.05, 0) is 66.7 Å². The lowest BCUT2D eigenvalue weighted by atomic mass is 9.70. The first kappa shape index (κ1) is 33.2. The number of alkyl carbamates (subject to hydrolysis) is 2. The molecule has 1 saturated carbocycles. The Hall–Kier alpha value is -2.85. The minimum absolute atomic E-state index is 0.119. The van der Waals surface area contributed by atoms with Gasteiger partial charge in [-0.15, -0.1) is 0 Å². The van der Waals surface area contributed by atoms with Gasteiger partial charge in [0, 0.05) is 18.9 Å². The topological polar surface area (TPSA) is 144 Å². The molecule has 1 aliphatic carbocycles. The van der Waals surface area contributed by atoms with Crippen LogP contribution in [0.5, 0.6) is 0 Å². The van der Waals surface area contributed by atoms with E-state index in [1.807, 2.05) is 0 Å². The Kier molecular flexibility index (Phi) is 12.5. The van der Waals surface area contributed by atoms with E-state index in [4.69, 9.17) is 19.2 Å². The van der Waals surface area contributed by atoms with E-state index in [2.05, 4.69) is 29.8 Å². The minimum atomic E-state index is -0.787. The highest BCUT2D eigenvalue weighted by molar-refractivity contribution is 6.01. The summed E-state index contributed by atoms with van der Waals surface area (Å²) in [6, 6.07) is -0.693. The Balaban J connectivity index is 3.48. The number of nitrogens with one attached hydrogen (secondary N) is 3. The van der Waals surface area contributed by atoms with Crippen LogP contribution >= 0.6 is 0 Å². The molecule has 0 aromatic heterocycles. The molecule has 0 bridgehead atoms. The summed E-state index contributed by atoms with van der Waals surface area (Å²) in [5.41, 5.74) is -1.54. The third-order valence-electron chi connectivity index (χ3n) is 6.32. The van der Waals surface area contributed by atoms with Gasteiger partial charge >= 0.3 is 18.2 Å². The van der Waals surface area contributed by atoms with E-state index < -0.39 is 29.4 Å². The van der Waals surface area contributed by atoms with Crippen molar-refractivity contribution in [2.75, 3.05) is 7.11 Å². The van der Waals surface area contributed by atoms with Gasteiger partial charge in [0.05, 0.1) is 19.1 Å². The molecule has 4 atom stereocenters. The molecule has 0 heterocycles. The van der Waals surface area contributed by atoms with Crippen molar-refractivity contribution < 1.29 is 33.4 Å². The van der Waals surface area contributed by atoms with Crippen molar-refractivity contribution in [1.29, 1.82) is 0 Å². The highest BCUT2D eigenvalue weighted by Crippen LogP contribution is 2.37. The fourth-order valence-corrected chi connectivity index (χ4v) is 4.78. The van der Waals surface area contributed by atoms with E-state index >= 15 is 0 Å². The zero-order valence-corrected chi connectivity index (χ0v) is 24.7. The molecule has 1 fully saturated rings. The van der Waals surface area contributed by atoms with Crippen LogP contribution in [0.1, 0.15) is 94.4 Å². The molecular weight excluding hydrogens is 492 g/mol. The average Bonchev–Trinajstić information content (AvgIpc) is 2.76. The van der Waals surface area contributed by atoms with Crippen LogP contribution in [-0.4, -0.2) is 60.4 Å². The number of amides is 3. The minimum Gasteiger partial charge on any atom is -0.469 e. The summed E-state index contributed by atoms with van der Waals surface area (Å²) in [6.45, 7) is 15.9. The van der Waals surface area contributed by atoms with E-state index in [0.717, 1.165) is 12.8 Å². The quantitative estimate of drug-likeness (QED) is 0.189. The Bertz CT molecular complexity index is 824. The van der Waals surface area contributed by atoms with Crippen molar-refractivity contribution in [3.05, 3.63) is 0 Å². The summed E-state index contributed by atoms with van der Waals surface area (Å²) in [6.07, 6.45) is 1.49. The molecule has 1 rings (SSSR count). The van der Waals surface area contributed by atoms with Gasteiger partial charge < -0.3 is 19.5 Å². The number of nitrogens with zero attached hydrogens (tertiary/aromatic N) is 1. The van der Waals surface area contributed by atoms with Crippen LogP contribution in [0.2, 0.25) is 0 Å². The van der Waals surface area contributed by atoms with Crippen LogP contribution in [0.4, 0.5) is 9.59 Å². The highest BCUT2D eigenvalue weighted by atomic mass is 16.6. The number of guanidine groups is 1. The second-order valence-electron chi connectivity index (χ2n) is 11.8. The summed E-state index contributed by atoms with van der Waals surface area (Å²) < 4.78 is 15.7. The molecule has 0 aromatic carbocycles. The van der Waals surface area contributed by atoms with Crippen LogP contribution < -0.4 is 16.0 Å². The zero-order valence-electron chi connectivity index (χ0n) is 24.7. The fraction of sp³-hybridized carbons (Fsp3) is 0.815. The predicted octanol–water partition coefficient (Wildman–Crippen LogP) is 4.29. The van der Waals surface area contributed by atoms with Gasteiger partial charge in [-0.2, -0.15) is 0 Å². The summed E-state index contributed by atoms with van der Waals surface area (Å²) in [5.74, 6) is -1.06. The lowest BCUT2D eigenvalue weighted by molar-refractivity contribution is -0.147. The summed E-state index contributed by atoms with van der Waals surface area (Å²) in [7, 11) is 1.36. The molecule has 0 radical (unpaired) electrons. The van der Waals surface area contributed by atoms with Crippen LogP contribution in [0, 0.1) is 17.8 Å². The maximum absolute atomic E-state index is 12.6. The largest absolute Gasteiger partial charge is 0.469 e. The lowest BCUT2D eigenvalue weighted by Gasteiger charge is -2.41. The number of hydrogen-bond donors (Lipinski definition) is 3. The molecule has 3 amide bonds. The third kappa shape index (κ3) is 11.7. The fourth-order valence-electron chi connectivity index (χ4n) is 4.78. The summed E-state index contributed by atoms with van der Waals surface area (Å²) in [5, 5.41) is 8.17. The number of carbonyl (C=O) groups excluding carboxylic acids is 4. The Morgan fingerprint density at radius 1 is 0.895 bits per heavy atom. The smallest absolute Gasteiger partial charge is 0.414 e. The first-order chi connectivity index (χ1) is 17.5. The zero-order chi connectivity index (χ0) is 29.3. The monoisotopic (exact) mass is 540 g/mol. The Labute approximate surface area is 227 Å². The molecule has 11 heteroatoms. The van der Waals surface area contributed by atoms with Gasteiger partial charge in [0.15, 0.2) is 0 Å². The van der Waals surface area contributed by atoms with Gasteiger partial charge in [0.2, 0.25) is 11.9 Å². The molecule has 3 N–H and O–H groups in total. The van der Waals surface area contributed by atoms with Crippen molar-refractivity contribution in [3.8, 4) is 0 Å². The maximum Gasteiger partial charge on any atom is 0.414 e. The molecule has 0 unspecified atom stereocenters. The molecule has 0 aliphatic heterocycles.